The van der Waals surface area contributed by atoms with Gasteiger partial charge >= 0.3 is 0 Å². The summed E-state index contributed by atoms with van der Waals surface area (Å²) in [4.78, 5) is 13.6. The summed E-state index contributed by atoms with van der Waals surface area (Å²) in [6.45, 7) is 0. The number of halogens is 3. The van der Waals surface area contributed by atoms with Gasteiger partial charge in [0.1, 0.15) is 29.3 Å². The highest BCUT2D eigenvalue weighted by Gasteiger charge is 2.47. The minimum absolute atomic E-state index is 0. The summed E-state index contributed by atoms with van der Waals surface area (Å²) in [7, 11) is -2.25. The molecule has 0 radical (unpaired) electrons. The predicted octanol–water partition coefficient (Wildman–Crippen LogP) is 3.17. The lowest BCUT2D eigenvalue weighted by Gasteiger charge is -2.27. The summed E-state index contributed by atoms with van der Waals surface area (Å²) in [6, 6.07) is 36.1. The lowest BCUT2D eigenvalue weighted by molar-refractivity contribution is -0.0000134. The summed E-state index contributed by atoms with van der Waals surface area (Å²) < 4.78 is 0. The number of hydrogen-bond acceptors (Lipinski definition) is 1. The van der Waals surface area contributed by atoms with Crippen LogP contribution in [-0.2, 0) is 0 Å². The molecule has 0 aliphatic heterocycles. The molecule has 0 saturated carbocycles. The smallest absolute Gasteiger partial charge is 0.202 e. The largest absolute Gasteiger partial charge is 1.00 e. The van der Waals surface area contributed by atoms with E-state index in [9.17, 15) is 4.79 Å². The highest BCUT2D eigenvalue weighted by molar-refractivity contribution is 7.96. The van der Waals surface area contributed by atoms with Gasteiger partial charge < -0.3 is 12.4 Å². The van der Waals surface area contributed by atoms with Crippen molar-refractivity contribution in [3.8, 4) is 0 Å². The summed E-state index contributed by atoms with van der Waals surface area (Å²) in [5.41, 5.74) is 0.508. The van der Waals surface area contributed by atoms with Crippen LogP contribution in [0.15, 0.2) is 109 Å². The van der Waals surface area contributed by atoms with E-state index in [2.05, 4.69) is 36.4 Å². The zero-order valence-electron chi connectivity index (χ0n) is 16.6. The molecule has 0 fully saturated rings. The first-order valence-corrected chi connectivity index (χ1v) is 12.4. The molecule has 0 spiro atoms. The molecule has 0 amide bonds. The van der Waals surface area contributed by atoms with Gasteiger partial charge in [-0.2, -0.15) is 0 Å². The number of benzene rings is 4. The van der Waals surface area contributed by atoms with Gasteiger partial charge in [0.2, 0.25) is 5.78 Å². The van der Waals surface area contributed by atoms with Crippen molar-refractivity contribution in [1.82, 2.24) is 0 Å². The van der Waals surface area contributed by atoms with Crippen LogP contribution in [0.1, 0.15) is 10.4 Å². The van der Waals surface area contributed by atoms with Crippen LogP contribution in [0, 0.1) is 0 Å². The second-order valence-corrected chi connectivity index (χ2v) is 11.4. The van der Waals surface area contributed by atoms with Gasteiger partial charge in [-0.3, -0.25) is 4.79 Å². The third-order valence-electron chi connectivity index (χ3n) is 5.20. The van der Waals surface area contributed by atoms with Crippen molar-refractivity contribution in [2.75, 3.05) is 6.16 Å². The second kappa shape index (κ2) is 10.4. The Labute approximate surface area is 199 Å². The van der Waals surface area contributed by atoms with Gasteiger partial charge in [-0.25, -0.2) is 0 Å². The fraction of sp³-hybridized carbons (Fsp3) is 0.0385. The van der Waals surface area contributed by atoms with Crippen LogP contribution in [-0.4, -0.2) is 11.9 Å². The third-order valence-corrected chi connectivity index (χ3v) is 10.1. The third kappa shape index (κ3) is 4.86. The first-order chi connectivity index (χ1) is 14.6. The Bertz CT molecular complexity index is 1050. The van der Waals surface area contributed by atoms with Gasteiger partial charge in [0.05, 0.1) is 5.02 Å². The van der Waals surface area contributed by atoms with Crippen LogP contribution in [0.5, 0.6) is 0 Å². The maximum atomic E-state index is 13.6. The van der Waals surface area contributed by atoms with Gasteiger partial charge in [0.25, 0.3) is 0 Å². The molecule has 0 atom stereocenters. The number of carbonyl (C=O) groups excluding carboxylic acids is 1. The molecule has 0 N–H and O–H groups in total. The summed E-state index contributed by atoms with van der Waals surface area (Å²) in [6.07, 6.45) is 0.354. The molecule has 31 heavy (non-hydrogen) atoms. The molecule has 0 aromatic heterocycles. The van der Waals surface area contributed by atoms with Crippen molar-refractivity contribution < 1.29 is 17.2 Å². The number of hydrogen-bond donors (Lipinski definition) is 0. The molecule has 0 aliphatic rings. The Balaban J connectivity index is 0.00000272. The minimum atomic E-state index is -2.25. The molecule has 4 aromatic carbocycles. The monoisotopic (exact) mass is 484 g/mol. The fourth-order valence-corrected chi connectivity index (χ4v) is 8.39. The lowest BCUT2D eigenvalue weighted by Crippen LogP contribution is -3.00. The summed E-state index contributed by atoms with van der Waals surface area (Å²) in [5, 5.41) is 4.41. The van der Waals surface area contributed by atoms with Crippen molar-refractivity contribution in [2.24, 2.45) is 0 Å². The van der Waals surface area contributed by atoms with E-state index in [1.807, 2.05) is 54.6 Å². The van der Waals surface area contributed by atoms with Crippen molar-refractivity contribution in [3.05, 3.63) is 125 Å². The van der Waals surface area contributed by atoms with Crippen LogP contribution in [0.25, 0.3) is 0 Å². The van der Waals surface area contributed by atoms with Gasteiger partial charge in [-0.05, 0) is 54.6 Å². The van der Waals surface area contributed by atoms with E-state index >= 15 is 0 Å². The molecule has 5 heteroatoms. The standard InChI is InChI=1S/C26H20Cl2OP.ClH/c27-20-16-17-24(25(28)18-20)26(29)19-30(21-10-4-1-5-11-21,22-12-6-2-7-13-22)23-14-8-3-9-15-23;/h1-18H,19H2;1H/q+1;/p-1. The van der Waals surface area contributed by atoms with Crippen molar-refractivity contribution in [1.29, 1.82) is 0 Å². The summed E-state index contributed by atoms with van der Waals surface area (Å²) in [5.74, 6) is 0.0153. The van der Waals surface area contributed by atoms with E-state index in [4.69, 9.17) is 23.2 Å². The SMILES string of the molecule is O=C(C[P+](c1ccccc1)(c1ccccc1)c1ccccc1)c1ccc(Cl)cc1Cl.[Cl-]. The van der Waals surface area contributed by atoms with Gasteiger partial charge in [-0.15, -0.1) is 0 Å². The maximum absolute atomic E-state index is 13.6. The Hall–Kier alpha value is -2.15. The first-order valence-electron chi connectivity index (χ1n) is 9.64. The van der Waals surface area contributed by atoms with Crippen LogP contribution >= 0.6 is 30.5 Å². The molecule has 4 aromatic rings. The molecule has 0 heterocycles. The van der Waals surface area contributed by atoms with E-state index in [0.717, 1.165) is 0 Å². The molecule has 0 aliphatic carbocycles. The van der Waals surface area contributed by atoms with Crippen molar-refractivity contribution in [2.45, 2.75) is 0 Å². The number of carbonyl (C=O) groups is 1. The molecular formula is C26H20Cl3OP. The normalized spacial score (nSPS) is 10.9. The van der Waals surface area contributed by atoms with E-state index in [-0.39, 0.29) is 18.2 Å². The van der Waals surface area contributed by atoms with E-state index in [0.29, 0.717) is 21.8 Å². The van der Waals surface area contributed by atoms with E-state index in [1.54, 1.807) is 18.2 Å². The maximum Gasteiger partial charge on any atom is 0.202 e. The number of ketones is 1. The van der Waals surface area contributed by atoms with Gasteiger partial charge in [-0.1, -0.05) is 77.8 Å². The van der Waals surface area contributed by atoms with Crippen LogP contribution in [0.3, 0.4) is 0 Å². The van der Waals surface area contributed by atoms with Crippen molar-refractivity contribution >= 4 is 52.2 Å². The zero-order chi connectivity index (χ0) is 21.0. The first kappa shape index (κ1) is 23.5. The number of Topliss-reactive ketones (excluding diaryl/α,β-unsaturated/α-hetero) is 1. The molecule has 0 saturated heterocycles. The molecular weight excluding hydrogens is 466 g/mol. The van der Waals surface area contributed by atoms with E-state index in [1.165, 1.54) is 15.9 Å². The van der Waals surface area contributed by atoms with Crippen LogP contribution in [0.4, 0.5) is 0 Å². The molecule has 4 rings (SSSR count). The Morgan fingerprint density at radius 3 is 1.45 bits per heavy atom. The second-order valence-electron chi connectivity index (χ2n) is 7.02. The average Bonchev–Trinajstić information content (AvgIpc) is 2.79. The molecule has 1 nitrogen and oxygen atoms in total. The summed E-state index contributed by atoms with van der Waals surface area (Å²) >= 11 is 12.5. The lowest BCUT2D eigenvalue weighted by atomic mass is 10.1. The quantitative estimate of drug-likeness (QED) is 0.303. The fourth-order valence-electron chi connectivity index (χ4n) is 3.78. The topological polar surface area (TPSA) is 17.1 Å². The van der Waals surface area contributed by atoms with E-state index < -0.39 is 7.26 Å². The predicted molar refractivity (Wildman–Crippen MR) is 131 cm³/mol. The van der Waals surface area contributed by atoms with Crippen LogP contribution < -0.4 is 28.3 Å². The van der Waals surface area contributed by atoms with Gasteiger partial charge in [0.15, 0.2) is 0 Å². The molecule has 156 valence electrons. The average molecular weight is 486 g/mol. The number of rotatable bonds is 6. The van der Waals surface area contributed by atoms with Gasteiger partial charge in [0, 0.05) is 10.6 Å². The highest BCUT2D eigenvalue weighted by Crippen LogP contribution is 2.55. The molecule has 0 bridgehead atoms. The van der Waals surface area contributed by atoms with Crippen LogP contribution in [0.2, 0.25) is 10.0 Å². The highest BCUT2D eigenvalue weighted by atomic mass is 35.5. The minimum Gasteiger partial charge on any atom is -1.00 e. The Kier molecular flexibility index (Phi) is 7.92. The Morgan fingerprint density at radius 1 is 0.645 bits per heavy atom. The molecule has 0 unspecified atom stereocenters. The Morgan fingerprint density at radius 2 is 1.06 bits per heavy atom. The van der Waals surface area contributed by atoms with Crippen molar-refractivity contribution in [3.63, 3.8) is 0 Å². The zero-order valence-corrected chi connectivity index (χ0v) is 19.8.